The first-order valence-electron chi connectivity index (χ1n) is 5.77. The summed E-state index contributed by atoms with van der Waals surface area (Å²) in [5.74, 6) is -0.0695. The molecule has 3 nitrogen and oxygen atoms in total. The smallest absolute Gasteiger partial charge is 0.307 e. The number of benzene rings is 1. The molecule has 1 aromatic carbocycles. The molecule has 0 aromatic heterocycles. The average molecular weight is 234 g/mol. The van der Waals surface area contributed by atoms with E-state index in [1.165, 1.54) is 0 Å². The van der Waals surface area contributed by atoms with Gasteiger partial charge in [-0.2, -0.15) is 0 Å². The van der Waals surface area contributed by atoms with Gasteiger partial charge in [-0.3, -0.25) is 4.79 Å². The van der Waals surface area contributed by atoms with Crippen molar-refractivity contribution in [2.75, 3.05) is 7.11 Å². The summed E-state index contributed by atoms with van der Waals surface area (Å²) in [7, 11) is 1.64. The zero-order valence-corrected chi connectivity index (χ0v) is 10.7. The highest BCUT2D eigenvalue weighted by atomic mass is 16.5. The molecule has 1 aliphatic carbocycles. The normalized spacial score (nSPS) is 25.4. The van der Waals surface area contributed by atoms with Crippen molar-refractivity contribution in [3.05, 3.63) is 29.3 Å². The highest BCUT2D eigenvalue weighted by Gasteiger charge is 2.63. The topological polar surface area (TPSA) is 46.5 Å². The van der Waals surface area contributed by atoms with E-state index in [2.05, 4.69) is 0 Å². The van der Waals surface area contributed by atoms with Gasteiger partial charge in [-0.15, -0.1) is 0 Å². The Kier molecular flexibility index (Phi) is 2.64. The van der Waals surface area contributed by atoms with E-state index in [0.29, 0.717) is 0 Å². The summed E-state index contributed by atoms with van der Waals surface area (Å²) in [6.07, 6.45) is 0. The summed E-state index contributed by atoms with van der Waals surface area (Å²) in [5, 5.41) is 9.21. The Bertz CT molecular complexity index is 463. The van der Waals surface area contributed by atoms with E-state index in [0.717, 1.165) is 16.9 Å². The average Bonchev–Trinajstić information content (AvgIpc) is 2.82. The molecule has 1 saturated carbocycles. The summed E-state index contributed by atoms with van der Waals surface area (Å²) in [4.78, 5) is 11.2. The molecule has 0 bridgehead atoms. The molecule has 1 N–H and O–H groups in total. The van der Waals surface area contributed by atoms with E-state index in [9.17, 15) is 9.90 Å². The van der Waals surface area contributed by atoms with Crippen LogP contribution in [0.15, 0.2) is 18.2 Å². The van der Waals surface area contributed by atoms with E-state index in [4.69, 9.17) is 4.74 Å². The minimum Gasteiger partial charge on any atom is -0.496 e. The maximum Gasteiger partial charge on any atom is 0.307 e. The maximum atomic E-state index is 11.2. The second-order valence-corrected chi connectivity index (χ2v) is 5.29. The van der Waals surface area contributed by atoms with Crippen molar-refractivity contribution in [1.29, 1.82) is 0 Å². The van der Waals surface area contributed by atoms with Crippen molar-refractivity contribution in [1.82, 2.24) is 0 Å². The number of carboxylic acids is 1. The minimum absolute atomic E-state index is 0.0927. The van der Waals surface area contributed by atoms with Gasteiger partial charge in [0.1, 0.15) is 5.75 Å². The van der Waals surface area contributed by atoms with Crippen LogP contribution in [-0.4, -0.2) is 18.2 Å². The Morgan fingerprint density at radius 1 is 1.41 bits per heavy atom. The van der Waals surface area contributed by atoms with Crippen LogP contribution in [0.3, 0.4) is 0 Å². The van der Waals surface area contributed by atoms with Crippen molar-refractivity contribution in [2.45, 2.75) is 26.7 Å². The Morgan fingerprint density at radius 3 is 2.53 bits per heavy atom. The third-order valence-corrected chi connectivity index (χ3v) is 3.97. The summed E-state index contributed by atoms with van der Waals surface area (Å²) in [5.41, 5.74) is 1.99. The number of carboxylic acid groups (broad SMARTS) is 1. The molecule has 0 spiro atoms. The quantitative estimate of drug-likeness (QED) is 0.874. The molecule has 0 amide bonds. The van der Waals surface area contributed by atoms with Crippen LogP contribution in [-0.2, 0) is 4.79 Å². The molecule has 0 saturated heterocycles. The Balaban J connectivity index is 2.40. The monoisotopic (exact) mass is 234 g/mol. The Hall–Kier alpha value is -1.51. The Labute approximate surface area is 101 Å². The third-order valence-electron chi connectivity index (χ3n) is 3.97. The molecule has 0 radical (unpaired) electrons. The van der Waals surface area contributed by atoms with Gasteiger partial charge in [-0.05, 0) is 29.5 Å². The summed E-state index contributed by atoms with van der Waals surface area (Å²) in [6, 6.07) is 5.84. The standard InChI is InChI=1S/C14H18O3/c1-8-9(6-5-7-10(8)17-4)11-12(13(15)16)14(11,2)3/h5-7,11-12H,1-4H3,(H,15,16)/t11-,12+/m1/s1. The molecule has 0 aliphatic heterocycles. The summed E-state index contributed by atoms with van der Waals surface area (Å²) < 4.78 is 5.28. The predicted octanol–water partition coefficient (Wildman–Crippen LogP) is 2.83. The van der Waals surface area contributed by atoms with Crippen molar-refractivity contribution in [3.63, 3.8) is 0 Å². The van der Waals surface area contributed by atoms with E-state index in [1.54, 1.807) is 7.11 Å². The lowest BCUT2D eigenvalue weighted by Crippen LogP contribution is -2.03. The van der Waals surface area contributed by atoms with Gasteiger partial charge in [0.25, 0.3) is 0 Å². The fourth-order valence-corrected chi connectivity index (χ4v) is 2.87. The van der Waals surface area contributed by atoms with Gasteiger partial charge in [-0.25, -0.2) is 0 Å². The number of rotatable bonds is 3. The molecule has 1 aromatic rings. The second kappa shape index (κ2) is 3.76. The van der Waals surface area contributed by atoms with Crippen molar-refractivity contribution < 1.29 is 14.6 Å². The number of ether oxygens (including phenoxy) is 1. The molecule has 3 heteroatoms. The van der Waals surface area contributed by atoms with Crippen LogP contribution in [0.4, 0.5) is 0 Å². The first-order valence-corrected chi connectivity index (χ1v) is 5.77. The molecule has 0 unspecified atom stereocenters. The highest BCUT2D eigenvalue weighted by molar-refractivity contribution is 5.78. The van der Waals surface area contributed by atoms with Crippen LogP contribution < -0.4 is 4.74 Å². The number of hydrogen-bond acceptors (Lipinski definition) is 2. The van der Waals surface area contributed by atoms with Gasteiger partial charge in [0.2, 0.25) is 0 Å². The largest absolute Gasteiger partial charge is 0.496 e. The van der Waals surface area contributed by atoms with Crippen molar-refractivity contribution in [2.24, 2.45) is 11.3 Å². The first kappa shape index (κ1) is 12.0. The van der Waals surface area contributed by atoms with Crippen LogP contribution in [0.2, 0.25) is 0 Å². The van der Waals surface area contributed by atoms with Crippen LogP contribution in [0.25, 0.3) is 0 Å². The molecular weight excluding hydrogens is 216 g/mol. The van der Waals surface area contributed by atoms with Gasteiger partial charge in [0, 0.05) is 5.92 Å². The second-order valence-electron chi connectivity index (χ2n) is 5.29. The number of aliphatic carboxylic acids is 1. The van der Waals surface area contributed by atoms with Crippen LogP contribution in [0.5, 0.6) is 5.75 Å². The van der Waals surface area contributed by atoms with E-state index >= 15 is 0 Å². The molecule has 0 heterocycles. The first-order chi connectivity index (χ1) is 7.91. The van der Waals surface area contributed by atoms with Crippen LogP contribution >= 0.6 is 0 Å². The zero-order valence-electron chi connectivity index (χ0n) is 10.7. The molecule has 2 atom stereocenters. The summed E-state index contributed by atoms with van der Waals surface area (Å²) in [6.45, 7) is 6.01. The predicted molar refractivity (Wildman–Crippen MR) is 65.4 cm³/mol. The zero-order chi connectivity index (χ0) is 12.8. The Morgan fingerprint density at radius 2 is 2.06 bits per heavy atom. The SMILES string of the molecule is COc1cccc([C@@H]2[C@@H](C(=O)O)C2(C)C)c1C. The lowest BCUT2D eigenvalue weighted by atomic mass is 9.98. The summed E-state index contributed by atoms with van der Waals surface area (Å²) >= 11 is 0. The maximum absolute atomic E-state index is 11.2. The number of methoxy groups -OCH3 is 1. The lowest BCUT2D eigenvalue weighted by Gasteiger charge is -2.11. The van der Waals surface area contributed by atoms with Crippen molar-refractivity contribution >= 4 is 5.97 Å². The molecule has 1 aliphatic rings. The fraction of sp³-hybridized carbons (Fsp3) is 0.500. The van der Waals surface area contributed by atoms with Gasteiger partial charge >= 0.3 is 5.97 Å². The number of hydrogen-bond donors (Lipinski definition) is 1. The van der Waals surface area contributed by atoms with Gasteiger partial charge in [0.05, 0.1) is 13.0 Å². The van der Waals surface area contributed by atoms with Crippen LogP contribution in [0, 0.1) is 18.3 Å². The van der Waals surface area contributed by atoms with Gasteiger partial charge < -0.3 is 9.84 Å². The third kappa shape index (κ3) is 1.70. The van der Waals surface area contributed by atoms with Gasteiger partial charge in [-0.1, -0.05) is 26.0 Å². The van der Waals surface area contributed by atoms with E-state index < -0.39 is 5.97 Å². The molecule has 1 fully saturated rings. The molecular formula is C14H18O3. The molecule has 2 rings (SSSR count). The lowest BCUT2D eigenvalue weighted by molar-refractivity contribution is -0.139. The van der Waals surface area contributed by atoms with Crippen molar-refractivity contribution in [3.8, 4) is 5.75 Å². The molecule has 17 heavy (non-hydrogen) atoms. The van der Waals surface area contributed by atoms with Gasteiger partial charge in [0.15, 0.2) is 0 Å². The van der Waals surface area contributed by atoms with E-state index in [1.807, 2.05) is 39.0 Å². The van der Waals surface area contributed by atoms with E-state index in [-0.39, 0.29) is 17.3 Å². The highest BCUT2D eigenvalue weighted by Crippen LogP contribution is 2.65. The fourth-order valence-electron chi connectivity index (χ4n) is 2.87. The molecule has 92 valence electrons. The van der Waals surface area contributed by atoms with Crippen LogP contribution in [0.1, 0.15) is 30.9 Å². The number of carbonyl (C=O) groups is 1. The minimum atomic E-state index is -0.706.